The van der Waals surface area contributed by atoms with Crippen molar-refractivity contribution in [2.24, 2.45) is 13.0 Å². The molecule has 1 amide bonds. The summed E-state index contributed by atoms with van der Waals surface area (Å²) >= 11 is 0. The summed E-state index contributed by atoms with van der Waals surface area (Å²) in [4.78, 5) is 22.7. The molecule has 0 atom stereocenters. The average Bonchev–Trinajstić information content (AvgIpc) is 3.22. The number of hydrogen-bond donors (Lipinski definition) is 0. The van der Waals surface area contributed by atoms with Crippen molar-refractivity contribution in [1.82, 2.24) is 19.4 Å². The number of hydrogen-bond acceptors (Lipinski definition) is 4. The van der Waals surface area contributed by atoms with Crippen molar-refractivity contribution in [3.63, 3.8) is 0 Å². The first kappa shape index (κ1) is 20.3. The first-order chi connectivity index (χ1) is 14.7. The highest BCUT2D eigenvalue weighted by Crippen LogP contribution is 2.23. The van der Waals surface area contributed by atoms with Gasteiger partial charge in [0.1, 0.15) is 0 Å². The Morgan fingerprint density at radius 3 is 2.23 bits per heavy atom. The highest BCUT2D eigenvalue weighted by Gasteiger charge is 2.25. The quantitative estimate of drug-likeness (QED) is 0.603. The molecule has 0 spiro atoms. The molecule has 1 aliphatic rings. The van der Waals surface area contributed by atoms with Crippen LogP contribution in [0.4, 0.5) is 0 Å². The summed E-state index contributed by atoms with van der Waals surface area (Å²) in [7, 11) is 1.86. The third-order valence-electron chi connectivity index (χ3n) is 5.75. The molecule has 30 heavy (non-hydrogen) atoms. The predicted molar refractivity (Wildman–Crippen MR) is 115 cm³/mol. The van der Waals surface area contributed by atoms with E-state index in [4.69, 9.17) is 4.74 Å². The van der Waals surface area contributed by atoms with Crippen LogP contribution in [0.2, 0.25) is 0 Å². The van der Waals surface area contributed by atoms with Gasteiger partial charge < -0.3 is 14.2 Å². The number of rotatable bonds is 7. The van der Waals surface area contributed by atoms with Gasteiger partial charge in [-0.05, 0) is 54.0 Å². The zero-order valence-corrected chi connectivity index (χ0v) is 17.4. The molecule has 0 radical (unpaired) electrons. The summed E-state index contributed by atoms with van der Waals surface area (Å²) in [5.74, 6) is 1.18. The second-order valence-corrected chi connectivity index (χ2v) is 7.97. The van der Waals surface area contributed by atoms with E-state index in [2.05, 4.69) is 34.2 Å². The second kappa shape index (κ2) is 9.67. The van der Waals surface area contributed by atoms with Crippen LogP contribution in [0.3, 0.4) is 0 Å². The summed E-state index contributed by atoms with van der Waals surface area (Å²) in [5.41, 5.74) is 3.67. The molecule has 0 bridgehead atoms. The number of pyridine rings is 1. The number of aryl methyl sites for hydroxylation is 1. The van der Waals surface area contributed by atoms with E-state index in [9.17, 15) is 4.79 Å². The van der Waals surface area contributed by atoms with Gasteiger partial charge in [-0.25, -0.2) is 4.98 Å². The zero-order chi connectivity index (χ0) is 20.8. The highest BCUT2D eigenvalue weighted by atomic mass is 16.5. The van der Waals surface area contributed by atoms with Crippen molar-refractivity contribution in [2.45, 2.75) is 32.5 Å². The number of imidazole rings is 1. The van der Waals surface area contributed by atoms with Crippen molar-refractivity contribution in [3.05, 3.63) is 83.7 Å². The van der Waals surface area contributed by atoms with E-state index in [-0.39, 0.29) is 5.91 Å². The van der Waals surface area contributed by atoms with Crippen LogP contribution in [0, 0.1) is 5.92 Å². The Morgan fingerprint density at radius 2 is 1.60 bits per heavy atom. The van der Waals surface area contributed by atoms with Gasteiger partial charge in [0.25, 0.3) is 5.91 Å². The molecule has 4 rings (SSSR count). The lowest BCUT2D eigenvalue weighted by Gasteiger charge is -2.31. The molecular weight excluding hydrogens is 376 g/mol. The van der Waals surface area contributed by atoms with Crippen molar-refractivity contribution in [2.75, 3.05) is 13.1 Å². The number of aromatic nitrogens is 3. The van der Waals surface area contributed by atoms with Crippen molar-refractivity contribution >= 4 is 5.91 Å². The fourth-order valence-electron chi connectivity index (χ4n) is 3.92. The number of nitrogens with zero attached hydrogens (tertiary/aromatic N) is 4. The minimum absolute atomic E-state index is 0.0390. The Morgan fingerprint density at radius 1 is 0.967 bits per heavy atom. The first-order valence-corrected chi connectivity index (χ1v) is 10.5. The lowest BCUT2D eigenvalue weighted by Crippen LogP contribution is -2.39. The summed E-state index contributed by atoms with van der Waals surface area (Å²) in [5, 5.41) is 0. The van der Waals surface area contributed by atoms with E-state index < -0.39 is 0 Å². The monoisotopic (exact) mass is 404 g/mol. The SMILES string of the molecule is Cn1ccnc1C(=O)N1CCC(Cc2ccc(COCc3ccncc3)cc2)CC1. The van der Waals surface area contributed by atoms with Crippen LogP contribution in [0.25, 0.3) is 0 Å². The molecule has 3 aromatic rings. The molecule has 1 aromatic carbocycles. The Bertz CT molecular complexity index is 945. The second-order valence-electron chi connectivity index (χ2n) is 7.97. The molecule has 2 aromatic heterocycles. The van der Waals surface area contributed by atoms with Gasteiger partial charge in [-0.15, -0.1) is 0 Å². The van der Waals surface area contributed by atoms with Crippen LogP contribution in [0.1, 0.15) is 40.2 Å². The molecule has 6 heteroatoms. The average molecular weight is 405 g/mol. The van der Waals surface area contributed by atoms with Crippen LogP contribution in [-0.2, 0) is 31.4 Å². The number of likely N-dealkylation sites (tertiary alicyclic amines) is 1. The molecule has 0 N–H and O–H groups in total. The standard InChI is InChI=1S/C24H28N4O2/c1-27-15-12-26-23(27)24(29)28-13-8-20(9-14-28)16-19-2-4-21(5-3-19)17-30-18-22-6-10-25-11-7-22/h2-7,10-12,15,20H,8-9,13-14,16-18H2,1H3. The molecule has 0 saturated carbocycles. The van der Waals surface area contributed by atoms with Crippen LogP contribution in [-0.4, -0.2) is 38.4 Å². The van der Waals surface area contributed by atoms with Crippen LogP contribution in [0.5, 0.6) is 0 Å². The van der Waals surface area contributed by atoms with E-state index >= 15 is 0 Å². The van der Waals surface area contributed by atoms with Crippen LogP contribution >= 0.6 is 0 Å². The first-order valence-electron chi connectivity index (χ1n) is 10.5. The maximum absolute atomic E-state index is 12.6. The van der Waals surface area contributed by atoms with Crippen molar-refractivity contribution < 1.29 is 9.53 Å². The molecule has 1 fully saturated rings. The summed E-state index contributed by atoms with van der Waals surface area (Å²) < 4.78 is 7.59. The largest absolute Gasteiger partial charge is 0.372 e. The van der Waals surface area contributed by atoms with Crippen LogP contribution in [0.15, 0.2) is 61.2 Å². The molecule has 1 saturated heterocycles. The number of carbonyl (C=O) groups excluding carboxylic acids is 1. The molecule has 0 aliphatic carbocycles. The van der Waals surface area contributed by atoms with E-state index in [1.54, 1.807) is 23.2 Å². The van der Waals surface area contributed by atoms with Crippen LogP contribution < -0.4 is 0 Å². The number of amides is 1. The Labute approximate surface area is 177 Å². The minimum atomic E-state index is 0.0390. The lowest BCUT2D eigenvalue weighted by atomic mass is 9.90. The number of carbonyl (C=O) groups is 1. The van der Waals surface area contributed by atoms with Gasteiger partial charge in [0.15, 0.2) is 5.82 Å². The maximum atomic E-state index is 12.6. The van der Waals surface area contributed by atoms with Crippen molar-refractivity contribution in [1.29, 1.82) is 0 Å². The summed E-state index contributed by atoms with van der Waals surface area (Å²) in [6.07, 6.45) is 10.2. The van der Waals surface area contributed by atoms with Gasteiger partial charge in [-0.2, -0.15) is 0 Å². The molecule has 3 heterocycles. The van der Waals surface area contributed by atoms with Gasteiger partial charge in [-0.3, -0.25) is 9.78 Å². The third-order valence-corrected chi connectivity index (χ3v) is 5.75. The summed E-state index contributed by atoms with van der Waals surface area (Å²) in [6.45, 7) is 2.81. The highest BCUT2D eigenvalue weighted by molar-refractivity contribution is 5.90. The molecule has 156 valence electrons. The summed E-state index contributed by atoms with van der Waals surface area (Å²) in [6, 6.07) is 12.7. The van der Waals surface area contributed by atoms with Gasteiger partial charge >= 0.3 is 0 Å². The predicted octanol–water partition coefficient (Wildman–Crippen LogP) is 3.63. The van der Waals surface area contributed by atoms with Crippen molar-refractivity contribution in [3.8, 4) is 0 Å². The Balaban J connectivity index is 1.21. The number of ether oxygens (including phenoxy) is 1. The van der Waals surface area contributed by atoms with Gasteiger partial charge in [0.05, 0.1) is 13.2 Å². The number of benzene rings is 1. The van der Waals surface area contributed by atoms with Gasteiger partial charge in [-0.1, -0.05) is 24.3 Å². The molecule has 1 aliphatic heterocycles. The zero-order valence-electron chi connectivity index (χ0n) is 17.4. The Kier molecular flexibility index (Phi) is 6.54. The molecule has 6 nitrogen and oxygen atoms in total. The van der Waals surface area contributed by atoms with E-state index in [1.807, 2.05) is 30.3 Å². The van der Waals surface area contributed by atoms with E-state index in [1.165, 1.54) is 11.1 Å². The minimum Gasteiger partial charge on any atom is -0.372 e. The van der Waals surface area contributed by atoms with E-state index in [0.29, 0.717) is 25.0 Å². The maximum Gasteiger partial charge on any atom is 0.289 e. The topological polar surface area (TPSA) is 60.2 Å². The molecule has 0 unspecified atom stereocenters. The van der Waals surface area contributed by atoms with Gasteiger partial charge in [0.2, 0.25) is 0 Å². The lowest BCUT2D eigenvalue weighted by molar-refractivity contribution is 0.0674. The smallest absolute Gasteiger partial charge is 0.289 e. The fourth-order valence-corrected chi connectivity index (χ4v) is 3.92. The number of piperidine rings is 1. The Hall–Kier alpha value is -2.99. The van der Waals surface area contributed by atoms with E-state index in [0.717, 1.165) is 37.9 Å². The normalized spacial score (nSPS) is 14.8. The third kappa shape index (κ3) is 5.13. The molecular formula is C24H28N4O2. The van der Waals surface area contributed by atoms with Gasteiger partial charge in [0, 0.05) is 44.9 Å². The fraction of sp³-hybridized carbons (Fsp3) is 0.375.